The zero-order valence-corrected chi connectivity index (χ0v) is 7.95. The first kappa shape index (κ1) is 10.5. The summed E-state index contributed by atoms with van der Waals surface area (Å²) in [6, 6.07) is 5.73. The number of rotatable bonds is 1. The highest BCUT2D eigenvalue weighted by Gasteiger charge is 2.33. The first-order chi connectivity index (χ1) is 7.41. The minimum absolute atomic E-state index is 0.0798. The molecule has 0 spiro atoms. The van der Waals surface area contributed by atoms with Crippen molar-refractivity contribution >= 4 is 16.8 Å². The number of hydrogen-bond donors (Lipinski definition) is 1. The summed E-state index contributed by atoms with van der Waals surface area (Å²) in [7, 11) is 0. The van der Waals surface area contributed by atoms with Crippen LogP contribution in [-0.2, 0) is 6.30 Å². The molecule has 1 heterocycles. The summed E-state index contributed by atoms with van der Waals surface area (Å²) in [5.41, 5.74) is 4.81. The summed E-state index contributed by atoms with van der Waals surface area (Å²) in [4.78, 5) is 11.0. The number of nitrogens with zero attached hydrogens (tertiary/aromatic N) is 1. The molecule has 0 saturated heterocycles. The molecule has 0 aliphatic rings. The first-order valence-electron chi connectivity index (χ1n) is 4.38. The lowest BCUT2D eigenvalue weighted by Gasteiger charge is -2.08. The second-order valence-corrected chi connectivity index (χ2v) is 3.26. The monoisotopic (exact) mass is 228 g/mol. The number of para-hydroxylation sites is 1. The van der Waals surface area contributed by atoms with Crippen molar-refractivity contribution in [2.45, 2.75) is 6.30 Å². The van der Waals surface area contributed by atoms with E-state index in [9.17, 15) is 18.0 Å². The Labute approximate surface area is 88.3 Å². The lowest BCUT2D eigenvalue weighted by atomic mass is 10.2. The number of alkyl halides is 3. The van der Waals surface area contributed by atoms with Gasteiger partial charge in [-0.05, 0) is 6.07 Å². The third kappa shape index (κ3) is 1.52. The van der Waals surface area contributed by atoms with E-state index in [0.717, 1.165) is 0 Å². The van der Waals surface area contributed by atoms with Gasteiger partial charge in [0.15, 0.2) is 0 Å². The van der Waals surface area contributed by atoms with Crippen LogP contribution in [0, 0.1) is 0 Å². The van der Waals surface area contributed by atoms with E-state index in [1.807, 2.05) is 0 Å². The number of halogens is 3. The number of carbonyl (C=O) groups is 1. The molecule has 6 heteroatoms. The van der Waals surface area contributed by atoms with E-state index in [2.05, 4.69) is 0 Å². The van der Waals surface area contributed by atoms with E-state index in [1.165, 1.54) is 18.2 Å². The van der Waals surface area contributed by atoms with Crippen LogP contribution in [0.4, 0.5) is 13.2 Å². The second kappa shape index (κ2) is 3.26. The van der Waals surface area contributed by atoms with E-state index in [0.29, 0.717) is 6.20 Å². The Morgan fingerprint density at radius 3 is 2.44 bits per heavy atom. The van der Waals surface area contributed by atoms with Crippen molar-refractivity contribution in [3.63, 3.8) is 0 Å². The molecule has 84 valence electrons. The highest BCUT2D eigenvalue weighted by molar-refractivity contribution is 6.06. The highest BCUT2D eigenvalue weighted by atomic mass is 19.4. The van der Waals surface area contributed by atoms with Gasteiger partial charge in [-0.15, -0.1) is 13.2 Å². The molecule has 3 nitrogen and oxygen atoms in total. The van der Waals surface area contributed by atoms with Gasteiger partial charge >= 0.3 is 6.30 Å². The van der Waals surface area contributed by atoms with Gasteiger partial charge in [-0.3, -0.25) is 9.36 Å². The minimum atomic E-state index is -4.56. The molecule has 1 amide bonds. The summed E-state index contributed by atoms with van der Waals surface area (Å²) in [6.07, 6.45) is -3.85. The number of primary amides is 1. The Balaban J connectivity index is 2.82. The van der Waals surface area contributed by atoms with Crippen molar-refractivity contribution in [3.8, 4) is 0 Å². The van der Waals surface area contributed by atoms with Gasteiger partial charge in [-0.2, -0.15) is 0 Å². The fraction of sp³-hybridized carbons (Fsp3) is 0.100. The third-order valence-corrected chi connectivity index (χ3v) is 2.25. The van der Waals surface area contributed by atoms with Crippen molar-refractivity contribution in [3.05, 3.63) is 36.0 Å². The standard InChI is InChI=1S/C10H7F3N2O/c11-10(12,13)15-5-7(9(14)16)6-3-1-2-4-8(6)15/h1-5H,(H2,14,16). The Morgan fingerprint density at radius 2 is 1.88 bits per heavy atom. The fourth-order valence-electron chi connectivity index (χ4n) is 1.59. The van der Waals surface area contributed by atoms with E-state index < -0.39 is 12.2 Å². The van der Waals surface area contributed by atoms with Crippen molar-refractivity contribution in [1.29, 1.82) is 0 Å². The average molecular weight is 228 g/mol. The number of carbonyl (C=O) groups excluding carboxylic acids is 1. The predicted octanol–water partition coefficient (Wildman–Crippen LogP) is 2.22. The molecule has 1 aromatic carbocycles. The van der Waals surface area contributed by atoms with Gasteiger partial charge in [0.2, 0.25) is 0 Å². The molecule has 0 aliphatic carbocycles. The molecule has 0 radical (unpaired) electrons. The predicted molar refractivity (Wildman–Crippen MR) is 51.8 cm³/mol. The number of amides is 1. The molecule has 0 aliphatic heterocycles. The average Bonchev–Trinajstić information content (AvgIpc) is 2.56. The van der Waals surface area contributed by atoms with Crippen molar-refractivity contribution in [2.24, 2.45) is 5.73 Å². The zero-order valence-electron chi connectivity index (χ0n) is 7.95. The molecular formula is C10H7F3N2O. The van der Waals surface area contributed by atoms with Crippen LogP contribution < -0.4 is 5.73 Å². The van der Waals surface area contributed by atoms with Gasteiger partial charge in [-0.25, -0.2) is 0 Å². The van der Waals surface area contributed by atoms with Crippen LogP contribution in [0.15, 0.2) is 30.5 Å². The Morgan fingerprint density at radius 1 is 1.25 bits per heavy atom. The van der Waals surface area contributed by atoms with Crippen LogP contribution in [0.2, 0.25) is 0 Å². The largest absolute Gasteiger partial charge is 0.488 e. The summed E-state index contributed by atoms with van der Waals surface area (Å²) >= 11 is 0. The number of nitrogens with two attached hydrogens (primary N) is 1. The molecule has 0 fully saturated rings. The molecule has 2 N–H and O–H groups in total. The maximum Gasteiger partial charge on any atom is 0.488 e. The Bertz CT molecular complexity index is 557. The third-order valence-electron chi connectivity index (χ3n) is 2.25. The van der Waals surface area contributed by atoms with Crippen LogP contribution in [0.3, 0.4) is 0 Å². The van der Waals surface area contributed by atoms with Crippen molar-refractivity contribution < 1.29 is 18.0 Å². The van der Waals surface area contributed by atoms with E-state index in [-0.39, 0.29) is 21.0 Å². The van der Waals surface area contributed by atoms with E-state index >= 15 is 0 Å². The maximum absolute atomic E-state index is 12.6. The Kier molecular flexibility index (Phi) is 2.15. The lowest BCUT2D eigenvalue weighted by molar-refractivity contribution is -0.200. The number of aromatic nitrogens is 1. The molecule has 16 heavy (non-hydrogen) atoms. The normalized spacial score (nSPS) is 11.9. The lowest BCUT2D eigenvalue weighted by Crippen LogP contribution is -2.16. The van der Waals surface area contributed by atoms with E-state index in [4.69, 9.17) is 5.73 Å². The van der Waals surface area contributed by atoms with Crippen LogP contribution in [0.5, 0.6) is 0 Å². The molecule has 0 atom stereocenters. The van der Waals surface area contributed by atoms with Gasteiger partial charge in [0, 0.05) is 11.6 Å². The van der Waals surface area contributed by atoms with Crippen molar-refractivity contribution in [2.75, 3.05) is 0 Å². The van der Waals surface area contributed by atoms with E-state index in [1.54, 1.807) is 6.07 Å². The molecule has 2 rings (SSSR count). The zero-order chi connectivity index (χ0) is 11.9. The summed E-state index contributed by atoms with van der Waals surface area (Å²) in [6.45, 7) is 0. The quantitative estimate of drug-likeness (QED) is 0.799. The fourth-order valence-corrected chi connectivity index (χ4v) is 1.59. The van der Waals surface area contributed by atoms with Gasteiger partial charge < -0.3 is 5.73 Å². The van der Waals surface area contributed by atoms with Crippen LogP contribution in [0.25, 0.3) is 10.9 Å². The Hall–Kier alpha value is -1.98. The molecule has 0 unspecified atom stereocenters. The van der Waals surface area contributed by atoms with Gasteiger partial charge in [0.05, 0.1) is 11.1 Å². The van der Waals surface area contributed by atoms with Crippen LogP contribution >= 0.6 is 0 Å². The van der Waals surface area contributed by atoms with Crippen molar-refractivity contribution in [1.82, 2.24) is 4.57 Å². The van der Waals surface area contributed by atoms with Gasteiger partial charge in [-0.1, -0.05) is 18.2 Å². The molecule has 0 saturated carbocycles. The summed E-state index contributed by atoms with van der Waals surface area (Å²) < 4.78 is 37.9. The van der Waals surface area contributed by atoms with Gasteiger partial charge in [0.1, 0.15) is 0 Å². The molecule has 2 aromatic rings. The highest BCUT2D eigenvalue weighted by Crippen LogP contribution is 2.30. The molecule has 1 aromatic heterocycles. The molecular weight excluding hydrogens is 221 g/mol. The van der Waals surface area contributed by atoms with Crippen LogP contribution in [0.1, 0.15) is 10.4 Å². The topological polar surface area (TPSA) is 48.0 Å². The molecule has 0 bridgehead atoms. The SMILES string of the molecule is NC(=O)c1cn(C(F)(F)F)c2ccccc12. The second-order valence-electron chi connectivity index (χ2n) is 3.26. The number of hydrogen-bond acceptors (Lipinski definition) is 1. The number of benzene rings is 1. The first-order valence-corrected chi connectivity index (χ1v) is 4.38. The van der Waals surface area contributed by atoms with Gasteiger partial charge in [0.25, 0.3) is 5.91 Å². The minimum Gasteiger partial charge on any atom is -0.366 e. The summed E-state index contributed by atoms with van der Waals surface area (Å²) in [5.74, 6) is -0.876. The number of fused-ring (bicyclic) bond motifs is 1. The smallest absolute Gasteiger partial charge is 0.366 e. The maximum atomic E-state index is 12.6. The van der Waals surface area contributed by atoms with Crippen LogP contribution in [-0.4, -0.2) is 10.5 Å². The summed E-state index contributed by atoms with van der Waals surface area (Å²) in [5, 5.41) is 0.201.